The van der Waals surface area contributed by atoms with Gasteiger partial charge in [0.05, 0.1) is 11.3 Å². The molecule has 2 aliphatic rings. The summed E-state index contributed by atoms with van der Waals surface area (Å²) in [4.78, 5) is 41.5. The van der Waals surface area contributed by atoms with Crippen LogP contribution in [0.1, 0.15) is 46.3 Å². The summed E-state index contributed by atoms with van der Waals surface area (Å²) in [6.45, 7) is 3.63. The van der Waals surface area contributed by atoms with Gasteiger partial charge < -0.3 is 10.2 Å². The zero-order valence-corrected chi connectivity index (χ0v) is 14.6. The van der Waals surface area contributed by atoms with Gasteiger partial charge >= 0.3 is 0 Å². The lowest BCUT2D eigenvalue weighted by Crippen LogP contribution is -2.52. The molecule has 2 aromatic rings. The molecule has 0 radical (unpaired) electrons. The number of amides is 3. The summed E-state index contributed by atoms with van der Waals surface area (Å²) in [5, 5.41) is 2.81. The summed E-state index contributed by atoms with van der Waals surface area (Å²) in [5.74, 6) is -0.644. The Hall–Kier alpha value is -3.15. The van der Waals surface area contributed by atoms with Gasteiger partial charge in [0.25, 0.3) is 11.8 Å². The number of fused-ring (bicyclic) bond motifs is 5. The van der Waals surface area contributed by atoms with E-state index < -0.39 is 6.17 Å². The molecular weight excluding hydrogens is 330 g/mol. The van der Waals surface area contributed by atoms with Crippen molar-refractivity contribution in [2.45, 2.75) is 26.1 Å². The maximum absolute atomic E-state index is 13.1. The summed E-state index contributed by atoms with van der Waals surface area (Å²) in [6.07, 6.45) is -0.598. The van der Waals surface area contributed by atoms with Gasteiger partial charge in [0.1, 0.15) is 12.7 Å². The Morgan fingerprint density at radius 3 is 2.38 bits per heavy atom. The normalized spacial score (nSPS) is 17.9. The van der Waals surface area contributed by atoms with Crippen LogP contribution in [0.3, 0.4) is 0 Å². The van der Waals surface area contributed by atoms with Crippen LogP contribution < -0.4 is 10.2 Å². The Balaban J connectivity index is 1.83. The molecule has 0 aliphatic carbocycles. The molecule has 2 heterocycles. The van der Waals surface area contributed by atoms with Crippen LogP contribution in [-0.2, 0) is 4.79 Å². The van der Waals surface area contributed by atoms with Crippen LogP contribution in [0.25, 0.3) is 0 Å². The fraction of sp³-hybridized carbons (Fsp3) is 0.250. The van der Waals surface area contributed by atoms with Gasteiger partial charge in [-0.1, -0.05) is 30.3 Å². The van der Waals surface area contributed by atoms with E-state index in [4.69, 9.17) is 0 Å². The third kappa shape index (κ3) is 2.37. The van der Waals surface area contributed by atoms with Crippen LogP contribution in [0.2, 0.25) is 0 Å². The quantitative estimate of drug-likeness (QED) is 0.925. The number of para-hydroxylation sites is 1. The first-order valence-corrected chi connectivity index (χ1v) is 8.61. The van der Waals surface area contributed by atoms with E-state index in [9.17, 15) is 14.4 Å². The van der Waals surface area contributed by atoms with Crippen LogP contribution in [0.5, 0.6) is 0 Å². The highest BCUT2D eigenvalue weighted by molar-refractivity contribution is 6.17. The molecule has 1 N–H and O–H groups in total. The topological polar surface area (TPSA) is 69.7 Å². The van der Waals surface area contributed by atoms with E-state index in [1.54, 1.807) is 41.3 Å². The first-order valence-electron chi connectivity index (χ1n) is 8.61. The van der Waals surface area contributed by atoms with Gasteiger partial charge in [0.15, 0.2) is 0 Å². The average molecular weight is 349 g/mol. The zero-order chi connectivity index (χ0) is 18.4. The summed E-state index contributed by atoms with van der Waals surface area (Å²) >= 11 is 0. The minimum atomic E-state index is -0.598. The van der Waals surface area contributed by atoms with Crippen molar-refractivity contribution in [2.24, 2.45) is 0 Å². The number of hydrogen-bond donors (Lipinski definition) is 1. The van der Waals surface area contributed by atoms with Gasteiger partial charge in [0.2, 0.25) is 5.91 Å². The largest absolute Gasteiger partial charge is 0.352 e. The molecule has 4 rings (SSSR count). The van der Waals surface area contributed by atoms with Gasteiger partial charge in [-0.25, -0.2) is 0 Å². The Bertz CT molecular complexity index is 922. The predicted molar refractivity (Wildman–Crippen MR) is 96.7 cm³/mol. The fourth-order valence-corrected chi connectivity index (χ4v) is 3.66. The van der Waals surface area contributed by atoms with Crippen LogP contribution in [0.15, 0.2) is 48.5 Å². The molecule has 0 bridgehead atoms. The maximum Gasteiger partial charge on any atom is 0.260 e. The molecule has 26 heavy (non-hydrogen) atoms. The maximum atomic E-state index is 13.1. The van der Waals surface area contributed by atoms with Crippen LogP contribution >= 0.6 is 0 Å². The average Bonchev–Trinajstić information content (AvgIpc) is 2.91. The Morgan fingerprint density at radius 2 is 1.65 bits per heavy atom. The molecule has 0 aromatic heterocycles. The second kappa shape index (κ2) is 5.98. The van der Waals surface area contributed by atoms with Crippen molar-refractivity contribution in [3.8, 4) is 0 Å². The van der Waals surface area contributed by atoms with E-state index in [1.807, 2.05) is 26.0 Å². The Labute approximate surface area is 151 Å². The second-order valence-corrected chi connectivity index (χ2v) is 6.81. The first kappa shape index (κ1) is 16.3. The second-order valence-electron chi connectivity index (χ2n) is 6.81. The number of carbonyl (C=O) groups is 3. The van der Waals surface area contributed by atoms with E-state index in [0.29, 0.717) is 16.8 Å². The van der Waals surface area contributed by atoms with Crippen LogP contribution in [0.4, 0.5) is 5.69 Å². The van der Waals surface area contributed by atoms with Crippen molar-refractivity contribution in [1.82, 2.24) is 10.2 Å². The van der Waals surface area contributed by atoms with E-state index in [2.05, 4.69) is 5.32 Å². The van der Waals surface area contributed by atoms with Gasteiger partial charge in [-0.2, -0.15) is 0 Å². The zero-order valence-electron chi connectivity index (χ0n) is 14.6. The minimum absolute atomic E-state index is 0.0247. The van der Waals surface area contributed by atoms with Crippen LogP contribution in [-0.4, -0.2) is 35.2 Å². The highest BCUT2D eigenvalue weighted by Gasteiger charge is 2.47. The van der Waals surface area contributed by atoms with Gasteiger partial charge in [-0.05, 0) is 32.0 Å². The molecule has 1 atom stereocenters. The number of anilines is 1. The van der Waals surface area contributed by atoms with Crippen molar-refractivity contribution < 1.29 is 14.4 Å². The molecule has 3 amide bonds. The van der Waals surface area contributed by atoms with Crippen molar-refractivity contribution in [1.29, 1.82) is 0 Å². The molecule has 0 fully saturated rings. The SMILES string of the molecule is CC(C)NC(=O)CN1C(=O)c2ccccc2N2C(=O)c3ccccc3C12. The lowest BCUT2D eigenvalue weighted by Gasteiger charge is -2.40. The molecule has 0 spiro atoms. The van der Waals surface area contributed by atoms with E-state index in [-0.39, 0.29) is 30.3 Å². The molecule has 6 heteroatoms. The summed E-state index contributed by atoms with van der Waals surface area (Å²) in [5.41, 5.74) is 2.33. The predicted octanol–water partition coefficient (Wildman–Crippen LogP) is 2.33. The third-order valence-corrected chi connectivity index (χ3v) is 4.65. The van der Waals surface area contributed by atoms with Crippen molar-refractivity contribution in [2.75, 3.05) is 11.4 Å². The molecule has 2 aliphatic heterocycles. The van der Waals surface area contributed by atoms with E-state index >= 15 is 0 Å². The first-order chi connectivity index (χ1) is 12.5. The smallest absolute Gasteiger partial charge is 0.260 e. The molecule has 132 valence electrons. The number of carbonyl (C=O) groups excluding carboxylic acids is 3. The van der Waals surface area contributed by atoms with Crippen LogP contribution in [0, 0.1) is 0 Å². The highest BCUT2D eigenvalue weighted by atomic mass is 16.2. The molecular formula is C20H19N3O3. The third-order valence-electron chi connectivity index (χ3n) is 4.65. The van der Waals surface area contributed by atoms with E-state index in [1.165, 1.54) is 4.90 Å². The number of hydrogen-bond acceptors (Lipinski definition) is 3. The molecule has 2 aromatic carbocycles. The summed E-state index contributed by atoms with van der Waals surface area (Å²) in [6, 6.07) is 14.3. The number of benzene rings is 2. The monoisotopic (exact) mass is 349 g/mol. The Morgan fingerprint density at radius 1 is 1.00 bits per heavy atom. The lowest BCUT2D eigenvalue weighted by atomic mass is 10.0. The van der Waals surface area contributed by atoms with Gasteiger partial charge in [0, 0.05) is 17.2 Å². The van der Waals surface area contributed by atoms with Crippen molar-refractivity contribution in [3.63, 3.8) is 0 Å². The fourth-order valence-electron chi connectivity index (χ4n) is 3.66. The number of nitrogens with one attached hydrogen (secondary N) is 1. The van der Waals surface area contributed by atoms with Crippen molar-refractivity contribution in [3.05, 3.63) is 65.2 Å². The standard InChI is InChI=1S/C20H19N3O3/c1-12(2)21-17(24)11-22-18-13-7-3-4-8-14(13)20(26)23(18)16-10-6-5-9-15(16)19(22)25/h3-10,12,18H,11H2,1-2H3,(H,21,24). The molecule has 0 saturated carbocycles. The summed E-state index contributed by atoms with van der Waals surface area (Å²) in [7, 11) is 0. The lowest BCUT2D eigenvalue weighted by molar-refractivity contribution is -0.122. The Kier molecular flexibility index (Phi) is 3.76. The summed E-state index contributed by atoms with van der Waals surface area (Å²) < 4.78 is 0. The van der Waals surface area contributed by atoms with Crippen molar-refractivity contribution >= 4 is 23.4 Å². The highest BCUT2D eigenvalue weighted by Crippen LogP contribution is 2.44. The number of nitrogens with zero attached hydrogens (tertiary/aromatic N) is 2. The van der Waals surface area contributed by atoms with E-state index in [0.717, 1.165) is 5.56 Å². The van der Waals surface area contributed by atoms with Gasteiger partial charge in [-0.15, -0.1) is 0 Å². The minimum Gasteiger partial charge on any atom is -0.352 e. The van der Waals surface area contributed by atoms with Gasteiger partial charge in [-0.3, -0.25) is 19.3 Å². The number of rotatable bonds is 3. The molecule has 6 nitrogen and oxygen atoms in total. The molecule has 0 saturated heterocycles. The molecule has 1 unspecified atom stereocenters.